The minimum atomic E-state index is -0.699. The van der Waals surface area contributed by atoms with E-state index in [1.165, 1.54) is 18.2 Å². The van der Waals surface area contributed by atoms with Gasteiger partial charge in [-0.25, -0.2) is 4.39 Å². The summed E-state index contributed by atoms with van der Waals surface area (Å²) in [6.45, 7) is 3.89. The Morgan fingerprint density at radius 1 is 1.55 bits per heavy atom. The molecule has 20 heavy (non-hydrogen) atoms. The van der Waals surface area contributed by atoms with E-state index in [1.54, 1.807) is 6.92 Å². The summed E-state index contributed by atoms with van der Waals surface area (Å²) < 4.78 is 18.8. The van der Waals surface area contributed by atoms with Crippen LogP contribution >= 0.6 is 15.9 Å². The fourth-order valence-electron chi connectivity index (χ4n) is 1.52. The SMILES string of the molecule is CCC(O)CCNC(=O)C(C)Oc1ccc(F)cc1Br. The number of hydrogen-bond donors (Lipinski definition) is 2. The molecule has 0 aliphatic carbocycles. The van der Waals surface area contributed by atoms with Crippen molar-refractivity contribution in [2.75, 3.05) is 6.54 Å². The minimum absolute atomic E-state index is 0.274. The summed E-state index contributed by atoms with van der Waals surface area (Å²) >= 11 is 3.18. The quantitative estimate of drug-likeness (QED) is 0.797. The van der Waals surface area contributed by atoms with Crippen molar-refractivity contribution in [2.24, 2.45) is 0 Å². The van der Waals surface area contributed by atoms with E-state index in [9.17, 15) is 14.3 Å². The number of carbonyl (C=O) groups excluding carboxylic acids is 1. The lowest BCUT2D eigenvalue weighted by Crippen LogP contribution is -2.37. The van der Waals surface area contributed by atoms with Gasteiger partial charge in [0.25, 0.3) is 5.91 Å². The highest BCUT2D eigenvalue weighted by molar-refractivity contribution is 9.10. The second-order valence-electron chi connectivity index (χ2n) is 4.48. The molecule has 0 aliphatic heterocycles. The van der Waals surface area contributed by atoms with Crippen LogP contribution < -0.4 is 10.1 Å². The molecule has 1 rings (SSSR count). The molecule has 0 bridgehead atoms. The molecular weight excluding hydrogens is 329 g/mol. The molecule has 6 heteroatoms. The van der Waals surface area contributed by atoms with Gasteiger partial charge in [-0.2, -0.15) is 0 Å². The van der Waals surface area contributed by atoms with Gasteiger partial charge in [-0.3, -0.25) is 4.79 Å². The third-order valence-electron chi connectivity index (χ3n) is 2.81. The second kappa shape index (κ2) is 8.21. The highest BCUT2D eigenvalue weighted by Gasteiger charge is 2.16. The van der Waals surface area contributed by atoms with Crippen LogP contribution in [0.5, 0.6) is 5.75 Å². The van der Waals surface area contributed by atoms with E-state index >= 15 is 0 Å². The predicted molar refractivity (Wildman–Crippen MR) is 78.1 cm³/mol. The summed E-state index contributed by atoms with van der Waals surface area (Å²) in [6.07, 6.45) is 0.0629. The number of hydrogen-bond acceptors (Lipinski definition) is 3. The maximum atomic E-state index is 12.9. The monoisotopic (exact) mass is 347 g/mol. The van der Waals surface area contributed by atoms with Crippen molar-refractivity contribution in [1.82, 2.24) is 5.32 Å². The Balaban J connectivity index is 2.45. The molecular formula is C14H19BrFNO3. The van der Waals surface area contributed by atoms with E-state index in [1.807, 2.05) is 6.92 Å². The average molecular weight is 348 g/mol. The van der Waals surface area contributed by atoms with Crippen LogP contribution in [0.15, 0.2) is 22.7 Å². The van der Waals surface area contributed by atoms with Crippen LogP contribution in [-0.2, 0) is 4.79 Å². The lowest BCUT2D eigenvalue weighted by molar-refractivity contribution is -0.127. The third kappa shape index (κ3) is 5.46. The second-order valence-corrected chi connectivity index (χ2v) is 5.33. The van der Waals surface area contributed by atoms with Crippen LogP contribution in [0.25, 0.3) is 0 Å². The molecule has 4 nitrogen and oxygen atoms in total. The van der Waals surface area contributed by atoms with Gasteiger partial charge in [0.1, 0.15) is 11.6 Å². The van der Waals surface area contributed by atoms with Gasteiger partial charge >= 0.3 is 0 Å². The molecule has 0 fully saturated rings. The zero-order valence-corrected chi connectivity index (χ0v) is 13.1. The lowest BCUT2D eigenvalue weighted by atomic mass is 10.2. The van der Waals surface area contributed by atoms with Gasteiger partial charge in [-0.1, -0.05) is 6.92 Å². The Kier molecular flexibility index (Phi) is 6.95. The van der Waals surface area contributed by atoms with Crippen molar-refractivity contribution in [1.29, 1.82) is 0 Å². The molecule has 2 atom stereocenters. The molecule has 0 saturated heterocycles. The molecule has 0 spiro atoms. The molecule has 1 aromatic carbocycles. The largest absolute Gasteiger partial charge is 0.480 e. The van der Waals surface area contributed by atoms with Crippen LogP contribution in [0.1, 0.15) is 26.7 Å². The number of aliphatic hydroxyl groups is 1. The van der Waals surface area contributed by atoms with Crippen LogP contribution in [-0.4, -0.2) is 29.8 Å². The first-order chi connectivity index (χ1) is 9.43. The fraction of sp³-hybridized carbons (Fsp3) is 0.500. The average Bonchev–Trinajstić information content (AvgIpc) is 2.41. The van der Waals surface area contributed by atoms with Crippen LogP contribution in [0.3, 0.4) is 0 Å². The highest BCUT2D eigenvalue weighted by atomic mass is 79.9. The summed E-state index contributed by atoms with van der Waals surface area (Å²) in [5.74, 6) is -0.248. The zero-order valence-electron chi connectivity index (χ0n) is 11.5. The number of halogens is 2. The number of ether oxygens (including phenoxy) is 1. The normalized spacial score (nSPS) is 13.7. The first-order valence-electron chi connectivity index (χ1n) is 6.51. The van der Waals surface area contributed by atoms with Gasteiger partial charge in [0.15, 0.2) is 6.10 Å². The van der Waals surface area contributed by atoms with E-state index < -0.39 is 12.2 Å². The predicted octanol–water partition coefficient (Wildman–Crippen LogP) is 2.63. The maximum Gasteiger partial charge on any atom is 0.260 e. The van der Waals surface area contributed by atoms with Crippen LogP contribution in [0.4, 0.5) is 4.39 Å². The molecule has 0 heterocycles. The smallest absolute Gasteiger partial charge is 0.260 e. The van der Waals surface area contributed by atoms with E-state index in [2.05, 4.69) is 21.2 Å². The maximum absolute atomic E-state index is 12.9. The summed E-state index contributed by atoms with van der Waals surface area (Å²) in [6, 6.07) is 4.00. The topological polar surface area (TPSA) is 58.6 Å². The van der Waals surface area contributed by atoms with Crippen LogP contribution in [0.2, 0.25) is 0 Å². The molecule has 0 aromatic heterocycles. The fourth-order valence-corrected chi connectivity index (χ4v) is 1.97. The van der Waals surface area contributed by atoms with Gasteiger partial charge in [0.2, 0.25) is 0 Å². The molecule has 2 N–H and O–H groups in total. The molecule has 1 aromatic rings. The highest BCUT2D eigenvalue weighted by Crippen LogP contribution is 2.26. The van der Waals surface area contributed by atoms with Gasteiger partial charge in [-0.15, -0.1) is 0 Å². The van der Waals surface area contributed by atoms with Crippen LogP contribution in [0, 0.1) is 5.82 Å². The van der Waals surface area contributed by atoms with Gasteiger partial charge < -0.3 is 15.2 Å². The lowest BCUT2D eigenvalue weighted by Gasteiger charge is -2.16. The summed E-state index contributed by atoms with van der Waals surface area (Å²) in [7, 11) is 0. The third-order valence-corrected chi connectivity index (χ3v) is 3.43. The van der Waals surface area contributed by atoms with E-state index in [0.29, 0.717) is 29.6 Å². The molecule has 1 amide bonds. The summed E-state index contributed by atoms with van der Waals surface area (Å²) in [4.78, 5) is 11.8. The molecule has 0 radical (unpaired) electrons. The Hall–Kier alpha value is -1.14. The Morgan fingerprint density at radius 2 is 2.25 bits per heavy atom. The van der Waals surface area contributed by atoms with Gasteiger partial charge in [0.05, 0.1) is 10.6 Å². The van der Waals surface area contributed by atoms with E-state index in [4.69, 9.17) is 4.74 Å². The Morgan fingerprint density at radius 3 is 2.85 bits per heavy atom. The molecule has 112 valence electrons. The molecule has 2 unspecified atom stereocenters. The van der Waals surface area contributed by atoms with Crippen molar-refractivity contribution in [3.05, 3.63) is 28.5 Å². The first kappa shape index (κ1) is 16.9. The Bertz CT molecular complexity index is 456. The summed E-state index contributed by atoms with van der Waals surface area (Å²) in [5, 5.41) is 12.1. The molecule has 0 saturated carbocycles. The number of aliphatic hydroxyl groups excluding tert-OH is 1. The van der Waals surface area contributed by atoms with Gasteiger partial charge in [-0.05, 0) is 53.9 Å². The first-order valence-corrected chi connectivity index (χ1v) is 7.30. The Labute approximate surface area is 126 Å². The number of nitrogens with one attached hydrogen (secondary N) is 1. The van der Waals surface area contributed by atoms with Crippen molar-refractivity contribution >= 4 is 21.8 Å². The van der Waals surface area contributed by atoms with Gasteiger partial charge in [0, 0.05) is 6.54 Å². The van der Waals surface area contributed by atoms with Crippen molar-refractivity contribution in [3.8, 4) is 5.75 Å². The standard InChI is InChI=1S/C14H19BrFNO3/c1-3-11(18)6-7-17-14(19)9(2)20-13-5-4-10(16)8-12(13)15/h4-5,8-9,11,18H,3,6-7H2,1-2H3,(H,17,19). The molecule has 0 aliphatic rings. The summed E-state index contributed by atoms with van der Waals surface area (Å²) in [5.41, 5.74) is 0. The minimum Gasteiger partial charge on any atom is -0.480 e. The number of benzene rings is 1. The number of rotatable bonds is 7. The van der Waals surface area contributed by atoms with Crippen molar-refractivity contribution < 1.29 is 19.0 Å². The number of carbonyl (C=O) groups is 1. The van der Waals surface area contributed by atoms with Crippen molar-refractivity contribution in [3.63, 3.8) is 0 Å². The number of amides is 1. The van der Waals surface area contributed by atoms with E-state index in [-0.39, 0.29) is 11.7 Å². The van der Waals surface area contributed by atoms with E-state index in [0.717, 1.165) is 0 Å². The zero-order chi connectivity index (χ0) is 15.1. The van der Waals surface area contributed by atoms with Crippen molar-refractivity contribution in [2.45, 2.75) is 38.9 Å².